The van der Waals surface area contributed by atoms with Crippen LogP contribution in [0.25, 0.3) is 0 Å². The fraction of sp³-hybridized carbons (Fsp3) is 0.597. The highest BCUT2D eigenvalue weighted by Gasteiger charge is 2.41. The number of primary amides is 3. The lowest BCUT2D eigenvalue weighted by molar-refractivity contribution is -0.142. The van der Waals surface area contributed by atoms with E-state index >= 15 is 0 Å². The monoisotopic (exact) mass is 1850 g/mol. The van der Waals surface area contributed by atoms with Crippen molar-refractivity contribution in [3.05, 3.63) is 35.9 Å². The molecular formula is C77H119N23O30. The Morgan fingerprint density at radius 2 is 0.769 bits per heavy atom. The maximum atomic E-state index is 14.2. The Bertz CT molecular complexity index is 4230. The lowest BCUT2D eigenvalue weighted by Gasteiger charge is -2.29. The predicted octanol–water partition coefficient (Wildman–Crippen LogP) is -11.2. The molecule has 130 heavy (non-hydrogen) atoms. The van der Waals surface area contributed by atoms with Gasteiger partial charge in [0.2, 0.25) is 112 Å². The lowest BCUT2D eigenvalue weighted by atomic mass is 10.0. The van der Waals surface area contributed by atoms with Crippen LogP contribution in [0.5, 0.6) is 0 Å². The molecule has 1 heterocycles. The Morgan fingerprint density at radius 3 is 1.19 bits per heavy atom. The summed E-state index contributed by atoms with van der Waals surface area (Å²) in [6.07, 6.45) is -11.9. The summed E-state index contributed by atoms with van der Waals surface area (Å²) >= 11 is 0. The fourth-order valence-electron chi connectivity index (χ4n) is 12.5. The minimum absolute atomic E-state index is 0.00560. The number of aliphatic hydroxyl groups is 1. The molecule has 0 aliphatic carbocycles. The molecule has 0 aromatic heterocycles. The third-order valence-corrected chi connectivity index (χ3v) is 19.3. The van der Waals surface area contributed by atoms with Gasteiger partial charge in [0.1, 0.15) is 78.5 Å². The fourth-order valence-corrected chi connectivity index (χ4v) is 12.5. The zero-order valence-corrected chi connectivity index (χ0v) is 72.1. The summed E-state index contributed by atoms with van der Waals surface area (Å²) < 4.78 is 0. The summed E-state index contributed by atoms with van der Waals surface area (Å²) in [5, 5.41) is 103. The molecule has 722 valence electrons. The van der Waals surface area contributed by atoms with Gasteiger partial charge in [-0.3, -0.25) is 120 Å². The summed E-state index contributed by atoms with van der Waals surface area (Å²) in [4.78, 5) is 315. The number of carboxylic acid groups (broad SMARTS) is 5. The minimum atomic E-state index is -2.10. The van der Waals surface area contributed by atoms with Crippen LogP contribution in [0.15, 0.2) is 30.3 Å². The average Bonchev–Trinajstić information content (AvgIpc) is 1.67. The second-order valence-corrected chi connectivity index (χ2v) is 30.7. The highest BCUT2D eigenvalue weighted by Crippen LogP contribution is 2.20. The van der Waals surface area contributed by atoms with Crippen LogP contribution in [-0.2, 0) is 121 Å². The molecule has 33 N–H and O–H groups in total. The molecule has 19 amide bonds. The smallest absolute Gasteiger partial charge is 0.303 e. The highest BCUT2D eigenvalue weighted by molar-refractivity contribution is 6.01. The van der Waals surface area contributed by atoms with Gasteiger partial charge in [-0.05, 0) is 109 Å². The summed E-state index contributed by atoms with van der Waals surface area (Å²) in [6, 6.07) is -15.2. The first kappa shape index (κ1) is 112. The van der Waals surface area contributed by atoms with Gasteiger partial charge in [-0.1, -0.05) is 44.2 Å². The van der Waals surface area contributed by atoms with E-state index in [1.54, 1.807) is 44.2 Å². The molecule has 0 radical (unpaired) electrons. The normalized spacial score (nSPS) is 15.3. The third-order valence-electron chi connectivity index (χ3n) is 19.3. The molecule has 0 saturated carbocycles. The van der Waals surface area contributed by atoms with Crippen LogP contribution in [0.2, 0.25) is 0 Å². The second kappa shape index (κ2) is 57.4. The number of nitrogens with zero attached hydrogens (tertiary/aromatic N) is 1. The van der Waals surface area contributed by atoms with E-state index in [9.17, 15) is 146 Å². The van der Waals surface area contributed by atoms with Gasteiger partial charge < -0.3 is 149 Å². The van der Waals surface area contributed by atoms with Gasteiger partial charge in [0.05, 0.1) is 31.8 Å². The van der Waals surface area contributed by atoms with Crippen LogP contribution >= 0.6 is 0 Å². The number of amides is 19. The number of aliphatic hydroxyl groups excluding tert-OH is 1. The van der Waals surface area contributed by atoms with Crippen molar-refractivity contribution in [1.29, 1.82) is 5.41 Å². The first-order valence-electron chi connectivity index (χ1n) is 41.1. The van der Waals surface area contributed by atoms with Crippen molar-refractivity contribution in [2.45, 2.75) is 254 Å². The van der Waals surface area contributed by atoms with Crippen molar-refractivity contribution in [3.8, 4) is 0 Å². The van der Waals surface area contributed by atoms with E-state index in [-0.39, 0.29) is 69.9 Å². The van der Waals surface area contributed by atoms with Gasteiger partial charge in [0.15, 0.2) is 5.96 Å². The SMILES string of the molecule is CC(C)CC(NC(=O)CNC(=O)C(CCC(N)=O)NC(=O)C1CCCN1C(=O)C(C)NC(=O)CNC(=O)C(C)NC(=O)C(NC(=O)C(CCC(=O)O)NC(=O)C(CCC(=O)O)NC(=O)C(CCC(=O)O)NC(=O)C(CCC(=O)O)NC(=O)C(CCC(=O)O)NC(=O)C(N)CCC(N)=O)C(C)O)C(=O)NC(Cc1ccccc1)C(=O)NC(CCCNC(=N)N)C(=O)NCC(N)=O. The van der Waals surface area contributed by atoms with E-state index in [2.05, 4.69) is 85.1 Å². The molecule has 0 bridgehead atoms. The summed E-state index contributed by atoms with van der Waals surface area (Å²) in [5.74, 6) is -29.0. The Morgan fingerprint density at radius 1 is 0.392 bits per heavy atom. The number of rotatable bonds is 62. The molecule has 53 heteroatoms. The molecule has 2 rings (SSSR count). The number of aliphatic carboxylic acids is 5. The van der Waals surface area contributed by atoms with Crippen molar-refractivity contribution in [3.63, 3.8) is 0 Å². The van der Waals surface area contributed by atoms with Crippen LogP contribution in [0, 0.1) is 11.3 Å². The van der Waals surface area contributed by atoms with Crippen LogP contribution in [0.1, 0.15) is 162 Å². The first-order valence-corrected chi connectivity index (χ1v) is 41.1. The first-order chi connectivity index (χ1) is 60.9. The van der Waals surface area contributed by atoms with Gasteiger partial charge in [-0.2, -0.15) is 0 Å². The van der Waals surface area contributed by atoms with Crippen LogP contribution in [-0.4, -0.2) is 307 Å². The van der Waals surface area contributed by atoms with Crippen molar-refractivity contribution < 1.29 is 146 Å². The quantitative estimate of drug-likeness (QED) is 0.0164. The zero-order chi connectivity index (χ0) is 98.4. The molecule has 1 aromatic rings. The number of hydrogen-bond donors (Lipinski definition) is 28. The number of benzene rings is 1. The molecule has 1 aliphatic rings. The highest BCUT2D eigenvalue weighted by atomic mass is 16.4. The molecule has 0 spiro atoms. The number of nitrogens with one attached hydrogen (secondary N) is 17. The van der Waals surface area contributed by atoms with Gasteiger partial charge >= 0.3 is 29.8 Å². The van der Waals surface area contributed by atoms with Gasteiger partial charge in [0, 0.05) is 64.5 Å². The van der Waals surface area contributed by atoms with Crippen molar-refractivity contribution >= 4 is 148 Å². The predicted molar refractivity (Wildman–Crippen MR) is 447 cm³/mol. The number of carboxylic acids is 5. The Kier molecular flexibility index (Phi) is 49.4. The van der Waals surface area contributed by atoms with Crippen molar-refractivity contribution in [2.24, 2.45) is 34.6 Å². The maximum absolute atomic E-state index is 14.2. The standard InChI is InChI=1S/C77H119N23O30/c1-36(2)31-49(72(126)98-50(32-40-11-7-6-8-12-40)73(127)92-42(13-9-29-84-77(82)83)65(119)85-33-54(81)104)90-56(106)35-87-66(120)43(16-23-53(80)103)97-74(128)51-14-10-30-100(51)76(130)38(4)88-55(105)34-86-63(117)37(3)89-75(129)62(39(5)101)99-71(125)48(21-28-61(115)116)96-70(124)47(20-27-60(113)114)95-69(123)46(19-26-59(111)112)94-68(122)45(18-25-58(109)110)93-67(121)44(17-24-57(107)108)91-64(118)41(78)15-22-52(79)102/h6-8,11-12,36-39,41-51,62,101H,9-10,13-35,78H2,1-5H3,(H2,79,102)(H2,80,103)(H2,81,104)(H,85,119)(H,86,117)(H,87,120)(H,88,105)(H,89,129)(H,90,106)(H,91,118)(H,92,127)(H,93,121)(H,94,122)(H,95,123)(H,96,124)(H,97,128)(H,98,126)(H,99,125)(H,107,108)(H,109,110)(H,111,112)(H,113,114)(H,115,116)(H4,82,83,84). The molecule has 15 unspecified atom stereocenters. The lowest BCUT2D eigenvalue weighted by Crippen LogP contribution is -2.61. The molecule has 1 aromatic carbocycles. The molecule has 15 atom stereocenters. The number of nitrogens with two attached hydrogens (primary N) is 5. The van der Waals surface area contributed by atoms with E-state index in [1.807, 2.05) is 0 Å². The number of carbonyl (C=O) groups excluding carboxylic acids is 19. The Balaban J connectivity index is 2.27. The Labute approximate surface area is 743 Å². The van der Waals surface area contributed by atoms with Gasteiger partial charge in [-0.25, -0.2) is 0 Å². The molecule has 53 nitrogen and oxygen atoms in total. The van der Waals surface area contributed by atoms with E-state index in [0.29, 0.717) is 5.56 Å². The van der Waals surface area contributed by atoms with Crippen molar-refractivity contribution in [1.82, 2.24) is 90.0 Å². The summed E-state index contributed by atoms with van der Waals surface area (Å²) in [5.41, 5.74) is 27.5. The molecule has 1 aliphatic heterocycles. The zero-order valence-electron chi connectivity index (χ0n) is 72.1. The van der Waals surface area contributed by atoms with E-state index in [0.717, 1.165) is 18.7 Å². The molecular weight excluding hydrogens is 1730 g/mol. The third kappa shape index (κ3) is 44.2. The number of hydrogen-bond acceptors (Lipinski definition) is 27. The minimum Gasteiger partial charge on any atom is -0.481 e. The molecule has 1 saturated heterocycles. The average molecular weight is 1850 g/mol. The topological polar surface area (TPSA) is 881 Å². The number of carbonyl (C=O) groups is 24. The van der Waals surface area contributed by atoms with Crippen LogP contribution in [0.3, 0.4) is 0 Å². The van der Waals surface area contributed by atoms with E-state index in [1.165, 1.54) is 6.92 Å². The number of guanidine groups is 1. The van der Waals surface area contributed by atoms with Crippen molar-refractivity contribution in [2.75, 3.05) is 32.7 Å². The van der Waals surface area contributed by atoms with Gasteiger partial charge in [0.25, 0.3) is 0 Å². The van der Waals surface area contributed by atoms with Crippen LogP contribution < -0.4 is 114 Å². The van der Waals surface area contributed by atoms with E-state index < -0.39 is 336 Å². The Hall–Kier alpha value is -14.3. The number of likely N-dealkylation sites (tertiary alicyclic amines) is 1. The van der Waals surface area contributed by atoms with Gasteiger partial charge in [-0.15, -0.1) is 0 Å². The maximum Gasteiger partial charge on any atom is 0.303 e. The largest absolute Gasteiger partial charge is 0.481 e. The second-order valence-electron chi connectivity index (χ2n) is 30.7. The summed E-state index contributed by atoms with van der Waals surface area (Å²) in [7, 11) is 0. The van der Waals surface area contributed by atoms with E-state index in [4.69, 9.17) is 34.1 Å². The molecule has 1 fully saturated rings. The van der Waals surface area contributed by atoms with Crippen LogP contribution in [0.4, 0.5) is 0 Å². The summed E-state index contributed by atoms with van der Waals surface area (Å²) in [6.45, 7) is 4.45.